The SMILES string of the molecule is CC1(C)c2ccccc2-c2cccc(-c3cc(-c4c5ccccc5cc5c4ccc4ccccc45)nc(-c4ccc(-c5ccccc5)cc4)n3)c21. The van der Waals surface area contributed by atoms with Crippen molar-refractivity contribution in [1.29, 1.82) is 0 Å². The third-order valence-electron chi connectivity index (χ3n) is 10.9. The summed E-state index contributed by atoms with van der Waals surface area (Å²) in [5.41, 5.74) is 12.6. The fourth-order valence-electron chi connectivity index (χ4n) is 8.44. The molecule has 0 spiro atoms. The van der Waals surface area contributed by atoms with Gasteiger partial charge in [-0.25, -0.2) is 9.97 Å². The lowest BCUT2D eigenvalue weighted by atomic mass is 9.79. The third-order valence-corrected chi connectivity index (χ3v) is 10.9. The first-order chi connectivity index (χ1) is 25.0. The fourth-order valence-corrected chi connectivity index (χ4v) is 8.44. The van der Waals surface area contributed by atoms with Gasteiger partial charge in [0.2, 0.25) is 0 Å². The van der Waals surface area contributed by atoms with Crippen molar-refractivity contribution in [3.05, 3.63) is 181 Å². The number of fused-ring (bicyclic) bond motifs is 7. The maximum Gasteiger partial charge on any atom is 0.160 e. The Kier molecular flexibility index (Phi) is 6.56. The Labute approximate surface area is 297 Å². The third kappa shape index (κ3) is 4.64. The molecule has 0 unspecified atom stereocenters. The van der Waals surface area contributed by atoms with Crippen LogP contribution in [0.4, 0.5) is 0 Å². The van der Waals surface area contributed by atoms with E-state index < -0.39 is 0 Å². The summed E-state index contributed by atoms with van der Waals surface area (Å²) in [6, 6.07) is 61.2. The minimum atomic E-state index is -0.184. The highest BCUT2D eigenvalue weighted by molar-refractivity contribution is 6.19. The highest BCUT2D eigenvalue weighted by Crippen LogP contribution is 2.52. The van der Waals surface area contributed by atoms with Crippen molar-refractivity contribution < 1.29 is 0 Å². The molecule has 0 fully saturated rings. The van der Waals surface area contributed by atoms with Crippen LogP contribution in [0.3, 0.4) is 0 Å². The van der Waals surface area contributed by atoms with Crippen LogP contribution in [-0.4, -0.2) is 9.97 Å². The molecule has 10 rings (SSSR count). The van der Waals surface area contributed by atoms with Gasteiger partial charge in [0.25, 0.3) is 0 Å². The van der Waals surface area contributed by atoms with E-state index in [1.807, 2.05) is 0 Å². The number of benzene rings is 8. The Morgan fingerprint density at radius 1 is 0.392 bits per heavy atom. The van der Waals surface area contributed by atoms with Gasteiger partial charge >= 0.3 is 0 Å². The van der Waals surface area contributed by atoms with E-state index in [-0.39, 0.29) is 5.41 Å². The number of nitrogens with zero attached hydrogens (tertiary/aromatic N) is 2. The Balaban J connectivity index is 1.26. The van der Waals surface area contributed by atoms with Crippen LogP contribution in [0.5, 0.6) is 0 Å². The zero-order chi connectivity index (χ0) is 34.1. The molecule has 51 heavy (non-hydrogen) atoms. The second kappa shape index (κ2) is 11.3. The molecule has 1 aromatic heterocycles. The molecular formula is C49H34N2. The molecule has 1 heterocycles. The summed E-state index contributed by atoms with van der Waals surface area (Å²) in [6.07, 6.45) is 0. The lowest BCUT2D eigenvalue weighted by Gasteiger charge is -2.24. The summed E-state index contributed by atoms with van der Waals surface area (Å²) in [5.74, 6) is 0.718. The number of hydrogen-bond donors (Lipinski definition) is 0. The van der Waals surface area contributed by atoms with E-state index in [1.54, 1.807) is 0 Å². The van der Waals surface area contributed by atoms with Crippen LogP contribution in [0, 0.1) is 0 Å². The summed E-state index contributed by atoms with van der Waals surface area (Å²) in [4.78, 5) is 10.8. The van der Waals surface area contributed by atoms with Crippen molar-refractivity contribution in [2.24, 2.45) is 0 Å². The molecule has 0 bridgehead atoms. The normalized spacial score (nSPS) is 13.1. The number of aromatic nitrogens is 2. The first kappa shape index (κ1) is 29.5. The van der Waals surface area contributed by atoms with Gasteiger partial charge in [0.05, 0.1) is 11.4 Å². The molecule has 0 atom stereocenters. The van der Waals surface area contributed by atoms with E-state index >= 15 is 0 Å². The molecule has 8 aromatic carbocycles. The van der Waals surface area contributed by atoms with Crippen molar-refractivity contribution in [3.8, 4) is 56.2 Å². The van der Waals surface area contributed by atoms with Gasteiger partial charge in [-0.2, -0.15) is 0 Å². The highest BCUT2D eigenvalue weighted by Gasteiger charge is 2.37. The van der Waals surface area contributed by atoms with Gasteiger partial charge in [-0.3, -0.25) is 0 Å². The molecule has 2 heteroatoms. The van der Waals surface area contributed by atoms with E-state index in [9.17, 15) is 0 Å². The highest BCUT2D eigenvalue weighted by atomic mass is 14.9. The topological polar surface area (TPSA) is 25.8 Å². The molecule has 0 saturated heterocycles. The van der Waals surface area contributed by atoms with Gasteiger partial charge in [-0.1, -0.05) is 172 Å². The standard InChI is InChI=1S/C49H34N2/c1-49(2)43-22-11-10-19-38(43)40-20-12-21-41(47(40)49)44-30-45(51-48(50-44)34-25-23-32(24-26-34)31-13-4-3-5-14-31)46-37-18-9-7-16-35(37)29-42-36-17-8-6-15-33(36)27-28-39(42)46/h3-30H,1-2H3. The Morgan fingerprint density at radius 2 is 1.02 bits per heavy atom. The van der Waals surface area contributed by atoms with Crippen molar-refractivity contribution in [2.75, 3.05) is 0 Å². The van der Waals surface area contributed by atoms with Gasteiger partial charge in [-0.05, 0) is 77.8 Å². The van der Waals surface area contributed by atoms with Crippen LogP contribution in [0.2, 0.25) is 0 Å². The molecule has 9 aromatic rings. The lowest BCUT2D eigenvalue weighted by Crippen LogP contribution is -2.16. The summed E-state index contributed by atoms with van der Waals surface area (Å²) >= 11 is 0. The van der Waals surface area contributed by atoms with Crippen LogP contribution in [0.25, 0.3) is 88.5 Å². The Hall–Kier alpha value is -6.38. The summed E-state index contributed by atoms with van der Waals surface area (Å²) in [6.45, 7) is 4.69. The van der Waals surface area contributed by atoms with E-state index in [0.717, 1.165) is 33.9 Å². The van der Waals surface area contributed by atoms with Crippen LogP contribution in [-0.2, 0) is 5.41 Å². The molecule has 240 valence electrons. The summed E-state index contributed by atoms with van der Waals surface area (Å²) in [7, 11) is 0. The molecule has 0 amide bonds. The first-order valence-electron chi connectivity index (χ1n) is 17.7. The van der Waals surface area contributed by atoms with Gasteiger partial charge in [0, 0.05) is 22.1 Å². The molecule has 1 aliphatic rings. The van der Waals surface area contributed by atoms with Crippen LogP contribution < -0.4 is 0 Å². The Morgan fingerprint density at radius 3 is 1.86 bits per heavy atom. The zero-order valence-corrected chi connectivity index (χ0v) is 28.6. The van der Waals surface area contributed by atoms with Crippen molar-refractivity contribution in [2.45, 2.75) is 19.3 Å². The van der Waals surface area contributed by atoms with Crippen molar-refractivity contribution in [1.82, 2.24) is 9.97 Å². The van der Waals surface area contributed by atoms with Gasteiger partial charge < -0.3 is 0 Å². The molecular weight excluding hydrogens is 617 g/mol. The first-order valence-corrected chi connectivity index (χ1v) is 17.7. The molecule has 0 saturated carbocycles. The molecule has 2 nitrogen and oxygen atoms in total. The molecule has 0 radical (unpaired) electrons. The van der Waals surface area contributed by atoms with E-state index in [2.05, 4.69) is 184 Å². The number of hydrogen-bond acceptors (Lipinski definition) is 2. The lowest BCUT2D eigenvalue weighted by molar-refractivity contribution is 0.662. The van der Waals surface area contributed by atoms with Gasteiger partial charge in [0.1, 0.15) is 0 Å². The predicted octanol–water partition coefficient (Wildman–Crippen LogP) is 12.9. The average Bonchev–Trinajstić information content (AvgIpc) is 3.43. The second-order valence-electron chi connectivity index (χ2n) is 14.2. The quantitative estimate of drug-likeness (QED) is 0.140. The van der Waals surface area contributed by atoms with E-state index in [4.69, 9.17) is 9.97 Å². The van der Waals surface area contributed by atoms with Gasteiger partial charge in [0.15, 0.2) is 5.82 Å². The van der Waals surface area contributed by atoms with E-state index in [0.29, 0.717) is 0 Å². The largest absolute Gasteiger partial charge is 0.228 e. The van der Waals surface area contributed by atoms with Crippen molar-refractivity contribution >= 4 is 32.3 Å². The maximum atomic E-state index is 5.44. The molecule has 0 aliphatic heterocycles. The summed E-state index contributed by atoms with van der Waals surface area (Å²) in [5, 5.41) is 7.27. The van der Waals surface area contributed by atoms with Crippen molar-refractivity contribution in [3.63, 3.8) is 0 Å². The van der Waals surface area contributed by atoms with Crippen LogP contribution in [0.1, 0.15) is 25.0 Å². The molecule has 0 N–H and O–H groups in total. The smallest absolute Gasteiger partial charge is 0.160 e. The van der Waals surface area contributed by atoms with Crippen LogP contribution in [0.15, 0.2) is 170 Å². The van der Waals surface area contributed by atoms with Gasteiger partial charge in [-0.15, -0.1) is 0 Å². The zero-order valence-electron chi connectivity index (χ0n) is 28.6. The summed E-state index contributed by atoms with van der Waals surface area (Å²) < 4.78 is 0. The maximum absolute atomic E-state index is 5.44. The minimum Gasteiger partial charge on any atom is -0.228 e. The second-order valence-corrected chi connectivity index (χ2v) is 14.2. The molecule has 1 aliphatic carbocycles. The monoisotopic (exact) mass is 650 g/mol. The number of rotatable bonds is 4. The predicted molar refractivity (Wildman–Crippen MR) is 214 cm³/mol. The van der Waals surface area contributed by atoms with Crippen LogP contribution >= 0.6 is 0 Å². The fraction of sp³-hybridized carbons (Fsp3) is 0.0612. The Bertz CT molecular complexity index is 2810. The average molecular weight is 651 g/mol. The van der Waals surface area contributed by atoms with E-state index in [1.165, 1.54) is 65.7 Å². The minimum absolute atomic E-state index is 0.184.